The smallest absolute Gasteiger partial charge is 0.382 e. The maximum absolute atomic E-state index is 13.7. The lowest BCUT2D eigenvalue weighted by atomic mass is 10.1. The number of aliphatic hydroxyl groups is 1. The Morgan fingerprint density at radius 3 is 2.54 bits per heavy atom. The number of rotatable bonds is 1. The summed E-state index contributed by atoms with van der Waals surface area (Å²) in [6, 6.07) is 4.33. The van der Waals surface area contributed by atoms with Gasteiger partial charge in [-0.1, -0.05) is 0 Å². The SMILES string of the molecule is N#Cc1cc(F)ccc1-n1cc(C(F)(F)F)c2c1CC(F)(F)C2O. The molecule has 0 aliphatic heterocycles. The van der Waals surface area contributed by atoms with Gasteiger partial charge in [0.05, 0.1) is 23.2 Å². The van der Waals surface area contributed by atoms with Crippen molar-refractivity contribution < 1.29 is 31.4 Å². The third-order valence-electron chi connectivity index (χ3n) is 3.87. The molecule has 3 nitrogen and oxygen atoms in total. The largest absolute Gasteiger partial charge is 0.418 e. The number of nitrogens with zero attached hydrogens (tertiary/aromatic N) is 2. The molecule has 24 heavy (non-hydrogen) atoms. The van der Waals surface area contributed by atoms with Crippen molar-refractivity contribution in [3.8, 4) is 11.8 Å². The molecule has 0 radical (unpaired) electrons. The summed E-state index contributed by atoms with van der Waals surface area (Å²) in [7, 11) is 0. The van der Waals surface area contributed by atoms with Gasteiger partial charge in [-0.15, -0.1) is 0 Å². The van der Waals surface area contributed by atoms with Crippen molar-refractivity contribution in [3.05, 3.63) is 52.6 Å². The van der Waals surface area contributed by atoms with Gasteiger partial charge in [-0.2, -0.15) is 18.4 Å². The number of hydrogen-bond acceptors (Lipinski definition) is 2. The van der Waals surface area contributed by atoms with Crippen LogP contribution in [0.1, 0.15) is 28.5 Å². The lowest BCUT2D eigenvalue weighted by Crippen LogP contribution is -2.24. The fourth-order valence-electron chi connectivity index (χ4n) is 2.83. The Kier molecular flexibility index (Phi) is 3.42. The molecule has 1 aliphatic rings. The molecule has 1 heterocycles. The van der Waals surface area contributed by atoms with Gasteiger partial charge in [-0.25, -0.2) is 13.2 Å². The van der Waals surface area contributed by atoms with Crippen LogP contribution in [0.3, 0.4) is 0 Å². The summed E-state index contributed by atoms with van der Waals surface area (Å²) in [6.07, 6.45) is -8.15. The number of fused-ring (bicyclic) bond motifs is 1. The lowest BCUT2D eigenvalue weighted by molar-refractivity contribution is -0.142. The molecular weight excluding hydrogens is 338 g/mol. The number of halogens is 6. The molecule has 0 fully saturated rings. The highest BCUT2D eigenvalue weighted by Gasteiger charge is 2.53. The summed E-state index contributed by atoms with van der Waals surface area (Å²) >= 11 is 0. The summed E-state index contributed by atoms with van der Waals surface area (Å²) < 4.78 is 80.9. The van der Waals surface area contributed by atoms with Gasteiger partial charge in [0.1, 0.15) is 18.0 Å². The Morgan fingerprint density at radius 2 is 1.96 bits per heavy atom. The minimum absolute atomic E-state index is 0.171. The summed E-state index contributed by atoms with van der Waals surface area (Å²) in [5.41, 5.74) is -3.26. The van der Waals surface area contributed by atoms with Gasteiger partial charge in [0.25, 0.3) is 5.92 Å². The average Bonchev–Trinajstić information content (AvgIpc) is 2.94. The fourth-order valence-corrected chi connectivity index (χ4v) is 2.83. The predicted molar refractivity (Wildman–Crippen MR) is 69.1 cm³/mol. The summed E-state index contributed by atoms with van der Waals surface area (Å²) in [6.45, 7) is 0. The standard InChI is InChI=1S/C15H8F6N2O/c16-8-1-2-10(7(3-8)5-22)23-6-9(15(19,20)21)12-11(23)4-14(17,18)13(12)24/h1-3,6,13,24H,4H2. The zero-order valence-electron chi connectivity index (χ0n) is 11.7. The topological polar surface area (TPSA) is 49.0 Å². The monoisotopic (exact) mass is 346 g/mol. The molecule has 1 N–H and O–H groups in total. The van der Waals surface area contributed by atoms with Crippen LogP contribution in [0.5, 0.6) is 0 Å². The van der Waals surface area contributed by atoms with E-state index >= 15 is 0 Å². The molecule has 0 saturated heterocycles. The van der Waals surface area contributed by atoms with E-state index in [0.717, 1.165) is 22.8 Å². The number of aliphatic hydroxyl groups excluding tert-OH is 1. The maximum Gasteiger partial charge on any atom is 0.418 e. The predicted octanol–water partition coefficient (Wildman–Crippen LogP) is 3.73. The van der Waals surface area contributed by atoms with E-state index in [4.69, 9.17) is 5.26 Å². The Bertz CT molecular complexity index is 862. The van der Waals surface area contributed by atoms with Gasteiger partial charge in [-0.05, 0) is 18.2 Å². The molecular formula is C15H8F6N2O. The van der Waals surface area contributed by atoms with Crippen LogP contribution in [0.4, 0.5) is 26.3 Å². The van der Waals surface area contributed by atoms with Crippen molar-refractivity contribution in [2.45, 2.75) is 24.6 Å². The van der Waals surface area contributed by atoms with Crippen molar-refractivity contribution in [2.75, 3.05) is 0 Å². The van der Waals surface area contributed by atoms with Crippen LogP contribution < -0.4 is 0 Å². The van der Waals surface area contributed by atoms with Crippen molar-refractivity contribution in [2.24, 2.45) is 0 Å². The Morgan fingerprint density at radius 1 is 1.29 bits per heavy atom. The molecule has 2 aromatic rings. The van der Waals surface area contributed by atoms with E-state index in [2.05, 4.69) is 0 Å². The molecule has 0 spiro atoms. The van der Waals surface area contributed by atoms with E-state index in [0.29, 0.717) is 6.20 Å². The van der Waals surface area contributed by atoms with Gasteiger partial charge in [0.2, 0.25) is 0 Å². The first-order valence-corrected chi connectivity index (χ1v) is 6.63. The highest BCUT2D eigenvalue weighted by molar-refractivity contribution is 5.54. The van der Waals surface area contributed by atoms with Crippen LogP contribution in [0.25, 0.3) is 5.69 Å². The summed E-state index contributed by atoms with van der Waals surface area (Å²) in [5.74, 6) is -4.55. The van der Waals surface area contributed by atoms with Crippen molar-refractivity contribution in [3.63, 3.8) is 0 Å². The van der Waals surface area contributed by atoms with Gasteiger partial charge in [-0.3, -0.25) is 0 Å². The molecule has 1 aromatic carbocycles. The van der Waals surface area contributed by atoms with Crippen LogP contribution in [0.15, 0.2) is 24.4 Å². The van der Waals surface area contributed by atoms with Crippen LogP contribution in [-0.2, 0) is 12.6 Å². The van der Waals surface area contributed by atoms with E-state index in [1.807, 2.05) is 0 Å². The first-order chi connectivity index (χ1) is 11.1. The van der Waals surface area contributed by atoms with Crippen LogP contribution in [0, 0.1) is 17.1 Å². The molecule has 0 bridgehead atoms. The first kappa shape index (κ1) is 16.4. The van der Waals surface area contributed by atoms with E-state index in [-0.39, 0.29) is 11.3 Å². The van der Waals surface area contributed by atoms with Gasteiger partial charge < -0.3 is 9.67 Å². The van der Waals surface area contributed by atoms with Crippen molar-refractivity contribution in [1.82, 2.24) is 4.57 Å². The number of alkyl halides is 5. The Hall–Kier alpha value is -2.47. The highest BCUT2D eigenvalue weighted by Crippen LogP contribution is 2.50. The third kappa shape index (κ3) is 2.34. The maximum atomic E-state index is 13.7. The van der Waals surface area contributed by atoms with E-state index < -0.39 is 47.3 Å². The summed E-state index contributed by atoms with van der Waals surface area (Å²) in [5, 5.41) is 18.6. The second-order valence-corrected chi connectivity index (χ2v) is 5.38. The first-order valence-electron chi connectivity index (χ1n) is 6.63. The third-order valence-corrected chi connectivity index (χ3v) is 3.87. The van der Waals surface area contributed by atoms with Gasteiger partial charge >= 0.3 is 6.18 Å². The molecule has 1 aliphatic carbocycles. The second-order valence-electron chi connectivity index (χ2n) is 5.38. The minimum atomic E-state index is -4.97. The number of benzene rings is 1. The average molecular weight is 346 g/mol. The quantitative estimate of drug-likeness (QED) is 0.800. The van der Waals surface area contributed by atoms with Crippen LogP contribution in [-0.4, -0.2) is 15.6 Å². The zero-order chi connectivity index (χ0) is 17.9. The van der Waals surface area contributed by atoms with Crippen molar-refractivity contribution >= 4 is 0 Å². The van der Waals surface area contributed by atoms with E-state index in [1.165, 1.54) is 0 Å². The molecule has 3 rings (SSSR count). The molecule has 1 atom stereocenters. The molecule has 1 unspecified atom stereocenters. The minimum Gasteiger partial charge on any atom is -0.382 e. The molecule has 0 saturated carbocycles. The number of hydrogen-bond donors (Lipinski definition) is 1. The highest BCUT2D eigenvalue weighted by atomic mass is 19.4. The van der Waals surface area contributed by atoms with E-state index in [9.17, 15) is 31.4 Å². The lowest BCUT2D eigenvalue weighted by Gasteiger charge is -2.16. The number of aromatic nitrogens is 1. The molecule has 9 heteroatoms. The van der Waals surface area contributed by atoms with E-state index in [1.54, 1.807) is 6.07 Å². The second kappa shape index (κ2) is 5.01. The van der Waals surface area contributed by atoms with Crippen LogP contribution >= 0.6 is 0 Å². The Labute approximate surface area is 131 Å². The van der Waals surface area contributed by atoms with Gasteiger partial charge in [0.15, 0.2) is 0 Å². The number of nitriles is 1. The normalized spacial score (nSPS) is 19.2. The zero-order valence-corrected chi connectivity index (χ0v) is 11.7. The van der Waals surface area contributed by atoms with Gasteiger partial charge in [0, 0.05) is 17.5 Å². The Balaban J connectivity index is 2.30. The summed E-state index contributed by atoms with van der Waals surface area (Å²) in [4.78, 5) is 0. The van der Waals surface area contributed by atoms with Crippen molar-refractivity contribution in [1.29, 1.82) is 5.26 Å². The van der Waals surface area contributed by atoms with Crippen LogP contribution in [0.2, 0.25) is 0 Å². The molecule has 0 amide bonds. The fraction of sp³-hybridized carbons (Fsp3) is 0.267. The molecule has 126 valence electrons. The molecule has 1 aromatic heterocycles.